The Balaban J connectivity index is 1.34. The number of hydrogen-bond donors (Lipinski definition) is 3. The van der Waals surface area contributed by atoms with Gasteiger partial charge in [0.1, 0.15) is 0 Å². The van der Waals surface area contributed by atoms with Crippen molar-refractivity contribution in [3.63, 3.8) is 0 Å². The Hall–Kier alpha value is -6.43. The Morgan fingerprint density at radius 1 is 1.00 bits per heavy atom. The fourth-order valence-electron chi connectivity index (χ4n) is 4.85. The molecule has 3 N–H and O–H groups in total. The van der Waals surface area contributed by atoms with Crippen LogP contribution < -0.4 is 10.6 Å². The molecule has 0 unspecified atom stereocenters. The topological polar surface area (TPSA) is 144 Å². The summed E-state index contributed by atoms with van der Waals surface area (Å²) in [5.74, 6) is 5.57. The second-order valence-corrected chi connectivity index (χ2v) is 11.0. The molecular weight excluding hydrogens is 639 g/mol. The number of benzene rings is 2. The molecule has 0 saturated carbocycles. The van der Waals surface area contributed by atoms with Crippen LogP contribution in [0.4, 0.5) is 30.5 Å². The minimum absolute atomic E-state index is 0.0467. The van der Waals surface area contributed by atoms with Crippen LogP contribution in [0.1, 0.15) is 61.5 Å². The van der Waals surface area contributed by atoms with Crippen molar-refractivity contribution in [3.05, 3.63) is 112 Å². The minimum atomic E-state index is -4.65. The number of imidazole rings is 2. The number of H-pyrrole nitrogens is 1. The molecule has 12 nitrogen and oxygen atoms in total. The van der Waals surface area contributed by atoms with Gasteiger partial charge in [-0.25, -0.2) is 19.3 Å². The van der Waals surface area contributed by atoms with Crippen molar-refractivity contribution in [1.82, 2.24) is 34.3 Å². The van der Waals surface area contributed by atoms with Gasteiger partial charge in [0.05, 0.1) is 24.2 Å². The van der Waals surface area contributed by atoms with Crippen LogP contribution in [0.5, 0.6) is 0 Å². The lowest BCUT2D eigenvalue weighted by Gasteiger charge is -2.14. The van der Waals surface area contributed by atoms with E-state index >= 15 is 0 Å². The molecule has 1 amide bonds. The average Bonchev–Trinajstić information content (AvgIpc) is 3.78. The first-order valence-electron chi connectivity index (χ1n) is 14.9. The number of aromatic amines is 1. The number of nitrogens with zero attached hydrogens (tertiary/aromatic N) is 6. The third-order valence-corrected chi connectivity index (χ3v) is 7.24. The van der Waals surface area contributed by atoms with Crippen molar-refractivity contribution in [2.24, 2.45) is 0 Å². The molecule has 6 rings (SSSR count). The largest absolute Gasteiger partial charge is 0.461 e. The van der Waals surface area contributed by atoms with Gasteiger partial charge in [0.15, 0.2) is 28.7 Å². The Morgan fingerprint density at radius 3 is 2.51 bits per heavy atom. The number of aryl methyl sites for hydroxylation is 3. The van der Waals surface area contributed by atoms with Crippen molar-refractivity contribution >= 4 is 34.8 Å². The molecule has 4 heterocycles. The predicted octanol–water partition coefficient (Wildman–Crippen LogP) is 6.15. The highest BCUT2D eigenvalue weighted by atomic mass is 19.4. The van der Waals surface area contributed by atoms with Gasteiger partial charge < -0.3 is 19.9 Å². The van der Waals surface area contributed by atoms with E-state index in [4.69, 9.17) is 4.74 Å². The van der Waals surface area contributed by atoms with E-state index in [9.17, 15) is 22.8 Å². The monoisotopic (exact) mass is 667 g/mol. The number of rotatable bonds is 7. The number of anilines is 3. The van der Waals surface area contributed by atoms with Crippen molar-refractivity contribution in [1.29, 1.82) is 0 Å². The Labute approximate surface area is 277 Å². The number of alkyl halides is 3. The van der Waals surface area contributed by atoms with Gasteiger partial charge in [-0.1, -0.05) is 12.0 Å². The molecule has 15 heteroatoms. The van der Waals surface area contributed by atoms with Crippen molar-refractivity contribution < 1.29 is 27.5 Å². The van der Waals surface area contributed by atoms with Crippen LogP contribution in [0.25, 0.3) is 11.3 Å². The quantitative estimate of drug-likeness (QED) is 0.136. The fraction of sp³-hybridized carbons (Fsp3) is 0.176. The van der Waals surface area contributed by atoms with Gasteiger partial charge in [0.25, 0.3) is 5.91 Å². The molecule has 49 heavy (non-hydrogen) atoms. The molecule has 6 aromatic rings. The average molecular weight is 668 g/mol. The number of carbonyl (C=O) groups excluding carboxylic acids is 2. The van der Waals surface area contributed by atoms with Crippen LogP contribution in [-0.4, -0.2) is 52.8 Å². The molecule has 0 aliphatic rings. The Morgan fingerprint density at radius 2 is 1.82 bits per heavy atom. The zero-order valence-electron chi connectivity index (χ0n) is 26.6. The van der Waals surface area contributed by atoms with E-state index in [2.05, 4.69) is 47.7 Å². The van der Waals surface area contributed by atoms with Crippen LogP contribution in [0, 0.1) is 32.6 Å². The summed E-state index contributed by atoms with van der Waals surface area (Å²) in [6, 6.07) is 13.1. The summed E-state index contributed by atoms with van der Waals surface area (Å²) in [5, 5.41) is 17.2. The lowest BCUT2D eigenvalue weighted by Crippen LogP contribution is -2.14. The molecule has 0 aliphatic carbocycles. The van der Waals surface area contributed by atoms with Gasteiger partial charge in [-0.2, -0.15) is 18.3 Å². The highest BCUT2D eigenvalue weighted by Crippen LogP contribution is 2.33. The molecule has 248 valence electrons. The molecule has 2 aromatic carbocycles. The van der Waals surface area contributed by atoms with Crippen LogP contribution in [-0.2, 0) is 10.9 Å². The maximum Gasteiger partial charge on any atom is 0.416 e. The van der Waals surface area contributed by atoms with E-state index in [1.807, 2.05) is 6.92 Å². The Bertz CT molecular complexity index is 2290. The van der Waals surface area contributed by atoms with Gasteiger partial charge >= 0.3 is 12.1 Å². The van der Waals surface area contributed by atoms with E-state index < -0.39 is 23.6 Å². The molecule has 0 saturated heterocycles. The predicted molar refractivity (Wildman–Crippen MR) is 174 cm³/mol. The molecule has 0 radical (unpaired) electrons. The molecule has 0 aliphatic heterocycles. The number of amides is 1. The Kier molecular flexibility index (Phi) is 8.62. The highest BCUT2D eigenvalue weighted by Gasteiger charge is 2.31. The highest BCUT2D eigenvalue weighted by molar-refractivity contribution is 6.04. The number of ether oxygens (including phenoxy) is 1. The minimum Gasteiger partial charge on any atom is -0.461 e. The lowest BCUT2D eigenvalue weighted by molar-refractivity contribution is -0.137. The third-order valence-electron chi connectivity index (χ3n) is 7.24. The summed E-state index contributed by atoms with van der Waals surface area (Å²) < 4.78 is 49.4. The van der Waals surface area contributed by atoms with Gasteiger partial charge in [-0.15, -0.1) is 5.10 Å². The van der Waals surface area contributed by atoms with Crippen LogP contribution in [0.15, 0.2) is 67.1 Å². The van der Waals surface area contributed by atoms with E-state index in [0.717, 1.165) is 17.8 Å². The molecule has 0 spiro atoms. The number of hydrogen-bond acceptors (Lipinski definition) is 8. The SMILES string of the molecule is CCOC(=O)c1nc2ccc(Nc3cc(C)[nH]n3)nn2c1C#Cc1cc(C(=O)Nc2cc(-n3cnc(C)c3)cc(C(F)(F)F)c2)ccc1C. The van der Waals surface area contributed by atoms with E-state index in [-0.39, 0.29) is 34.9 Å². The molecule has 0 bridgehead atoms. The summed E-state index contributed by atoms with van der Waals surface area (Å²) in [4.78, 5) is 34.7. The number of esters is 1. The second kappa shape index (κ2) is 13.0. The molecular formula is C34H28F3N9O3. The maximum absolute atomic E-state index is 13.8. The lowest BCUT2D eigenvalue weighted by atomic mass is 10.0. The van der Waals surface area contributed by atoms with Crippen molar-refractivity contribution in [3.8, 4) is 17.5 Å². The first-order chi connectivity index (χ1) is 23.4. The summed E-state index contributed by atoms with van der Waals surface area (Å²) in [6.07, 6.45) is -1.68. The second-order valence-electron chi connectivity index (χ2n) is 11.0. The number of fused-ring (bicyclic) bond motifs is 1. The van der Waals surface area contributed by atoms with Crippen LogP contribution in [0.3, 0.4) is 0 Å². The molecule has 4 aromatic heterocycles. The zero-order chi connectivity index (χ0) is 34.9. The zero-order valence-corrected chi connectivity index (χ0v) is 26.6. The van der Waals surface area contributed by atoms with Crippen molar-refractivity contribution in [2.45, 2.75) is 33.9 Å². The van der Waals surface area contributed by atoms with Gasteiger partial charge in [0, 0.05) is 40.5 Å². The van der Waals surface area contributed by atoms with Crippen molar-refractivity contribution in [2.75, 3.05) is 17.2 Å². The number of halogens is 3. The number of carbonyl (C=O) groups is 2. The number of aromatic nitrogens is 7. The smallest absolute Gasteiger partial charge is 0.416 e. The standard InChI is InChI=1S/C34H28F3N9O3/c1-5-49-33(48)31-27(46-30(41-31)11-10-28(44-46)40-29-12-20(3)42-43-29)9-8-22-13-23(7-6-19(22)2)32(47)39-25-14-24(34(35,36)37)15-26(16-25)45-17-21(4)38-18-45/h6-7,10-18H,5H2,1-4H3,(H,39,47)(H2,40,42,43,44). The van der Waals surface area contributed by atoms with Crippen LogP contribution >= 0.6 is 0 Å². The van der Waals surface area contributed by atoms with Crippen LogP contribution in [0.2, 0.25) is 0 Å². The van der Waals surface area contributed by atoms with Gasteiger partial charge in [0.2, 0.25) is 0 Å². The van der Waals surface area contributed by atoms with E-state index in [1.165, 1.54) is 33.6 Å². The fourth-order valence-corrected chi connectivity index (χ4v) is 4.85. The summed E-state index contributed by atoms with van der Waals surface area (Å²) in [5.41, 5.74) is 2.38. The number of nitrogens with one attached hydrogen (secondary N) is 3. The summed E-state index contributed by atoms with van der Waals surface area (Å²) >= 11 is 0. The summed E-state index contributed by atoms with van der Waals surface area (Å²) in [7, 11) is 0. The molecule has 0 atom stereocenters. The third kappa shape index (κ3) is 7.13. The summed E-state index contributed by atoms with van der Waals surface area (Å²) in [6.45, 7) is 7.14. The molecule has 0 fully saturated rings. The van der Waals surface area contributed by atoms with E-state index in [0.29, 0.717) is 34.1 Å². The normalized spacial score (nSPS) is 11.2. The van der Waals surface area contributed by atoms with Gasteiger partial charge in [-0.05, 0) is 81.6 Å². The van der Waals surface area contributed by atoms with Gasteiger partial charge in [-0.3, -0.25) is 9.89 Å². The first-order valence-corrected chi connectivity index (χ1v) is 14.9. The maximum atomic E-state index is 13.8. The first kappa shape index (κ1) is 32.5. The van der Waals surface area contributed by atoms with E-state index in [1.54, 1.807) is 51.2 Å².